The molecule has 0 aliphatic carbocycles. The monoisotopic (exact) mass is 266 g/mol. The third kappa shape index (κ3) is 4.29. The molecule has 0 aliphatic rings. The number of carbonyl (C=O) groups excluding carboxylic acids is 1. The first-order valence-corrected chi connectivity index (χ1v) is 6.23. The molecule has 0 bridgehead atoms. The molecule has 0 unspecified atom stereocenters. The second-order valence-electron chi connectivity index (χ2n) is 3.92. The van der Waals surface area contributed by atoms with Crippen molar-refractivity contribution in [2.24, 2.45) is 5.73 Å². The van der Waals surface area contributed by atoms with Gasteiger partial charge >= 0.3 is 0 Å². The first-order chi connectivity index (χ1) is 8.54. The zero-order chi connectivity index (χ0) is 13.5. The zero-order valence-corrected chi connectivity index (χ0v) is 11.4. The van der Waals surface area contributed by atoms with Gasteiger partial charge in [0.1, 0.15) is 10.8 Å². The van der Waals surface area contributed by atoms with E-state index >= 15 is 0 Å². The fraction of sp³-hybridized carbons (Fsp3) is 0.417. The Kier molecular flexibility index (Phi) is 5.51. The summed E-state index contributed by atoms with van der Waals surface area (Å²) in [6, 6.07) is 3.63. The maximum atomic E-state index is 11.5. The van der Waals surface area contributed by atoms with Crippen molar-refractivity contribution in [1.29, 1.82) is 0 Å². The van der Waals surface area contributed by atoms with E-state index in [9.17, 15) is 4.79 Å². The molecule has 1 amide bonds. The van der Waals surface area contributed by atoms with E-state index in [-0.39, 0.29) is 17.4 Å². The molecule has 0 aromatic carbocycles. The molecule has 18 heavy (non-hydrogen) atoms. The van der Waals surface area contributed by atoms with Gasteiger partial charge in [0.25, 0.3) is 0 Å². The zero-order valence-electron chi connectivity index (χ0n) is 10.6. The summed E-state index contributed by atoms with van der Waals surface area (Å²) in [5.74, 6) is 0.475. The molecule has 1 aromatic rings. The predicted octanol–water partition coefficient (Wildman–Crippen LogP) is 0.962. The van der Waals surface area contributed by atoms with Crippen molar-refractivity contribution in [1.82, 2.24) is 10.3 Å². The van der Waals surface area contributed by atoms with Crippen LogP contribution in [-0.4, -0.2) is 29.0 Å². The van der Waals surface area contributed by atoms with E-state index in [4.69, 9.17) is 18.0 Å². The Balaban J connectivity index is 2.68. The fourth-order valence-corrected chi connectivity index (χ4v) is 1.55. The van der Waals surface area contributed by atoms with Gasteiger partial charge in [0, 0.05) is 12.2 Å². The van der Waals surface area contributed by atoms with Crippen LogP contribution in [0.1, 0.15) is 24.6 Å². The third-order valence-corrected chi connectivity index (χ3v) is 2.51. The average Bonchev–Trinajstić information content (AvgIpc) is 2.33. The van der Waals surface area contributed by atoms with Gasteiger partial charge in [0.15, 0.2) is 0 Å². The molecule has 1 aromatic heterocycles. The molecule has 0 saturated carbocycles. The smallest absolute Gasteiger partial charge is 0.239 e. The Morgan fingerprint density at radius 3 is 2.83 bits per heavy atom. The maximum absolute atomic E-state index is 11.5. The van der Waals surface area contributed by atoms with Gasteiger partial charge in [-0.3, -0.25) is 4.79 Å². The number of anilines is 1. The van der Waals surface area contributed by atoms with Crippen LogP contribution in [0, 0.1) is 6.92 Å². The number of carbonyl (C=O) groups is 1. The van der Waals surface area contributed by atoms with Gasteiger partial charge in [-0.15, -0.1) is 0 Å². The van der Waals surface area contributed by atoms with Crippen LogP contribution in [0.5, 0.6) is 0 Å². The van der Waals surface area contributed by atoms with E-state index in [1.807, 2.05) is 19.9 Å². The molecule has 4 N–H and O–H groups in total. The lowest BCUT2D eigenvalue weighted by Crippen LogP contribution is -2.31. The van der Waals surface area contributed by atoms with Crippen LogP contribution in [-0.2, 0) is 4.79 Å². The van der Waals surface area contributed by atoms with Crippen LogP contribution in [0.15, 0.2) is 12.1 Å². The predicted molar refractivity (Wildman–Crippen MR) is 76.7 cm³/mol. The van der Waals surface area contributed by atoms with Gasteiger partial charge in [-0.1, -0.05) is 19.1 Å². The van der Waals surface area contributed by atoms with E-state index in [1.165, 1.54) is 0 Å². The summed E-state index contributed by atoms with van der Waals surface area (Å²) in [6.07, 6.45) is 0.909. The molecule has 0 spiro atoms. The van der Waals surface area contributed by atoms with Gasteiger partial charge in [-0.25, -0.2) is 4.98 Å². The van der Waals surface area contributed by atoms with Crippen LogP contribution < -0.4 is 16.4 Å². The number of pyridine rings is 1. The molecule has 0 saturated heterocycles. The van der Waals surface area contributed by atoms with E-state index in [0.29, 0.717) is 17.9 Å². The number of nitrogens with one attached hydrogen (secondary N) is 2. The minimum atomic E-state index is -0.0750. The van der Waals surface area contributed by atoms with Crippen molar-refractivity contribution in [3.05, 3.63) is 23.4 Å². The summed E-state index contributed by atoms with van der Waals surface area (Å²) in [4.78, 5) is 16.0. The number of hydrogen-bond donors (Lipinski definition) is 3. The number of hydrogen-bond acceptors (Lipinski definition) is 4. The number of nitrogens with zero attached hydrogens (tertiary/aromatic N) is 1. The van der Waals surface area contributed by atoms with E-state index in [1.54, 1.807) is 6.07 Å². The van der Waals surface area contributed by atoms with Crippen molar-refractivity contribution in [3.63, 3.8) is 0 Å². The van der Waals surface area contributed by atoms with Crippen LogP contribution in [0.2, 0.25) is 0 Å². The largest absolute Gasteiger partial charge is 0.389 e. The van der Waals surface area contributed by atoms with Gasteiger partial charge in [0.2, 0.25) is 5.91 Å². The van der Waals surface area contributed by atoms with Crippen LogP contribution >= 0.6 is 12.2 Å². The molecule has 0 aliphatic heterocycles. The summed E-state index contributed by atoms with van der Waals surface area (Å²) < 4.78 is 0. The van der Waals surface area contributed by atoms with Gasteiger partial charge in [0.05, 0.1) is 12.1 Å². The molecular formula is C12H18N4OS. The highest BCUT2D eigenvalue weighted by atomic mass is 32.1. The number of thiocarbonyl (C=S) groups is 1. The normalized spacial score (nSPS) is 9.89. The molecule has 0 radical (unpaired) electrons. The molecule has 98 valence electrons. The van der Waals surface area contributed by atoms with Crippen LogP contribution in [0.4, 0.5) is 5.82 Å². The van der Waals surface area contributed by atoms with Crippen molar-refractivity contribution >= 4 is 28.9 Å². The standard InChI is InChI=1S/C12H18N4OS/c1-3-6-14-10(17)7-15-12-9(11(13)18)5-4-8(2)16-12/h4-5H,3,6-7H2,1-2H3,(H2,13,18)(H,14,17)(H,15,16). The molecule has 6 heteroatoms. The molecule has 0 atom stereocenters. The summed E-state index contributed by atoms with van der Waals surface area (Å²) in [6.45, 7) is 4.70. The minimum Gasteiger partial charge on any atom is -0.389 e. The highest BCUT2D eigenvalue weighted by Crippen LogP contribution is 2.12. The number of nitrogens with two attached hydrogens (primary N) is 1. The summed E-state index contributed by atoms with van der Waals surface area (Å²) in [7, 11) is 0. The topological polar surface area (TPSA) is 80.0 Å². The molecule has 1 rings (SSSR count). The second kappa shape index (κ2) is 6.90. The Morgan fingerprint density at radius 2 is 2.22 bits per heavy atom. The average molecular weight is 266 g/mol. The maximum Gasteiger partial charge on any atom is 0.239 e. The molecule has 1 heterocycles. The minimum absolute atomic E-state index is 0.0750. The van der Waals surface area contributed by atoms with Gasteiger partial charge in [-0.2, -0.15) is 0 Å². The number of aromatic nitrogens is 1. The molecular weight excluding hydrogens is 248 g/mol. The van der Waals surface area contributed by atoms with Crippen molar-refractivity contribution < 1.29 is 4.79 Å². The van der Waals surface area contributed by atoms with Gasteiger partial charge in [-0.05, 0) is 25.5 Å². The number of aryl methyl sites for hydroxylation is 1. The van der Waals surface area contributed by atoms with Crippen LogP contribution in [0.25, 0.3) is 0 Å². The Morgan fingerprint density at radius 1 is 1.50 bits per heavy atom. The lowest BCUT2D eigenvalue weighted by Gasteiger charge is -2.11. The summed E-state index contributed by atoms with van der Waals surface area (Å²) >= 11 is 4.94. The second-order valence-corrected chi connectivity index (χ2v) is 4.36. The first kappa shape index (κ1) is 14.4. The third-order valence-electron chi connectivity index (χ3n) is 2.29. The Labute approximate surface area is 112 Å². The van der Waals surface area contributed by atoms with E-state index < -0.39 is 0 Å². The van der Waals surface area contributed by atoms with Crippen molar-refractivity contribution in [3.8, 4) is 0 Å². The van der Waals surface area contributed by atoms with Gasteiger partial charge < -0.3 is 16.4 Å². The SMILES string of the molecule is CCCNC(=O)CNc1nc(C)ccc1C(N)=S. The van der Waals surface area contributed by atoms with Crippen LogP contribution in [0.3, 0.4) is 0 Å². The van der Waals surface area contributed by atoms with E-state index in [2.05, 4.69) is 15.6 Å². The summed E-state index contributed by atoms with van der Waals surface area (Å²) in [5.41, 5.74) is 7.09. The Hall–Kier alpha value is -1.69. The first-order valence-electron chi connectivity index (χ1n) is 5.82. The highest BCUT2D eigenvalue weighted by Gasteiger charge is 2.08. The lowest BCUT2D eigenvalue weighted by atomic mass is 10.2. The molecule has 0 fully saturated rings. The van der Waals surface area contributed by atoms with Crippen molar-refractivity contribution in [2.45, 2.75) is 20.3 Å². The van der Waals surface area contributed by atoms with E-state index in [0.717, 1.165) is 12.1 Å². The quantitative estimate of drug-likeness (QED) is 0.668. The lowest BCUT2D eigenvalue weighted by molar-refractivity contribution is -0.119. The number of amides is 1. The fourth-order valence-electron chi connectivity index (χ4n) is 1.38. The molecule has 5 nitrogen and oxygen atoms in total. The van der Waals surface area contributed by atoms with Crippen molar-refractivity contribution in [2.75, 3.05) is 18.4 Å². The highest BCUT2D eigenvalue weighted by molar-refractivity contribution is 7.80. The summed E-state index contributed by atoms with van der Waals surface area (Å²) in [5, 5.41) is 5.73. The number of rotatable bonds is 6. The Bertz CT molecular complexity index is 448.